The van der Waals surface area contributed by atoms with Gasteiger partial charge in [-0.1, -0.05) is 0 Å². The van der Waals surface area contributed by atoms with E-state index in [1.807, 2.05) is 0 Å². The second-order valence-electron chi connectivity index (χ2n) is 3.92. The fraction of sp³-hybridized carbons (Fsp3) is 0.417. The number of nitrogens with two attached hydrogens (primary N) is 1. The van der Waals surface area contributed by atoms with E-state index >= 15 is 0 Å². The fourth-order valence-electron chi connectivity index (χ4n) is 1.89. The molecule has 1 saturated heterocycles. The van der Waals surface area contributed by atoms with Crippen LogP contribution in [0.15, 0.2) is 18.2 Å². The van der Waals surface area contributed by atoms with E-state index in [1.165, 1.54) is 7.11 Å². The lowest BCUT2D eigenvalue weighted by Gasteiger charge is -2.25. The van der Waals surface area contributed by atoms with Gasteiger partial charge in [-0.15, -0.1) is 0 Å². The van der Waals surface area contributed by atoms with Crippen LogP contribution in [0, 0.1) is 0 Å². The second-order valence-corrected chi connectivity index (χ2v) is 3.92. The van der Waals surface area contributed by atoms with E-state index in [9.17, 15) is 4.79 Å². The lowest BCUT2D eigenvalue weighted by atomic mass is 10.0. The van der Waals surface area contributed by atoms with Crippen molar-refractivity contribution >= 4 is 11.7 Å². The zero-order chi connectivity index (χ0) is 12.3. The third kappa shape index (κ3) is 2.57. The van der Waals surface area contributed by atoms with Crippen LogP contribution < -0.4 is 11.1 Å². The normalized spacial score (nSPS) is 19.9. The SMILES string of the molecule is COC(=O)c1ccc(N)c([C@H]2COCCN2)c1. The summed E-state index contributed by atoms with van der Waals surface area (Å²) < 4.78 is 10.1. The molecular weight excluding hydrogens is 220 g/mol. The molecule has 0 aromatic heterocycles. The van der Waals surface area contributed by atoms with Gasteiger partial charge in [-0.3, -0.25) is 0 Å². The molecule has 1 aromatic rings. The molecule has 5 nitrogen and oxygen atoms in total. The van der Waals surface area contributed by atoms with Crippen molar-refractivity contribution in [1.29, 1.82) is 0 Å². The summed E-state index contributed by atoms with van der Waals surface area (Å²) in [4.78, 5) is 11.4. The first-order chi connectivity index (χ1) is 8.22. The zero-order valence-electron chi connectivity index (χ0n) is 9.73. The lowest BCUT2D eigenvalue weighted by molar-refractivity contribution is 0.0599. The number of carbonyl (C=O) groups is 1. The van der Waals surface area contributed by atoms with E-state index in [0.717, 1.165) is 12.1 Å². The molecule has 0 radical (unpaired) electrons. The molecule has 0 bridgehead atoms. The minimum Gasteiger partial charge on any atom is -0.465 e. The highest BCUT2D eigenvalue weighted by atomic mass is 16.5. The van der Waals surface area contributed by atoms with E-state index in [0.29, 0.717) is 24.5 Å². The van der Waals surface area contributed by atoms with Crippen LogP contribution in [0.4, 0.5) is 5.69 Å². The summed E-state index contributed by atoms with van der Waals surface area (Å²) in [6.07, 6.45) is 0. The topological polar surface area (TPSA) is 73.6 Å². The number of nitrogen functional groups attached to an aromatic ring is 1. The van der Waals surface area contributed by atoms with Crippen LogP contribution in [0.1, 0.15) is 22.0 Å². The molecule has 1 aliphatic heterocycles. The molecule has 1 atom stereocenters. The van der Waals surface area contributed by atoms with Crippen LogP contribution >= 0.6 is 0 Å². The Morgan fingerprint density at radius 2 is 2.41 bits per heavy atom. The number of hydrogen-bond donors (Lipinski definition) is 2. The van der Waals surface area contributed by atoms with Gasteiger partial charge in [0.15, 0.2) is 0 Å². The summed E-state index contributed by atoms with van der Waals surface area (Å²) in [5.41, 5.74) is 7.95. The fourth-order valence-corrected chi connectivity index (χ4v) is 1.89. The molecule has 3 N–H and O–H groups in total. The number of carbonyl (C=O) groups excluding carboxylic acids is 1. The van der Waals surface area contributed by atoms with Gasteiger partial charge in [0, 0.05) is 12.2 Å². The first-order valence-electron chi connectivity index (χ1n) is 5.51. The van der Waals surface area contributed by atoms with E-state index in [4.69, 9.17) is 10.5 Å². The van der Waals surface area contributed by atoms with Gasteiger partial charge in [-0.05, 0) is 23.8 Å². The van der Waals surface area contributed by atoms with Gasteiger partial charge in [0.1, 0.15) is 0 Å². The van der Waals surface area contributed by atoms with Crippen LogP contribution in [0.3, 0.4) is 0 Å². The van der Waals surface area contributed by atoms with Crippen LogP contribution in [0.2, 0.25) is 0 Å². The molecule has 0 unspecified atom stereocenters. The quantitative estimate of drug-likeness (QED) is 0.584. The van der Waals surface area contributed by atoms with E-state index in [1.54, 1.807) is 18.2 Å². The predicted octanol–water partition coefficient (Wildman–Crippen LogP) is 0.716. The Kier molecular flexibility index (Phi) is 3.61. The molecule has 5 heteroatoms. The summed E-state index contributed by atoms with van der Waals surface area (Å²) in [5, 5.41) is 3.30. The van der Waals surface area contributed by atoms with Crippen molar-refractivity contribution in [1.82, 2.24) is 5.32 Å². The van der Waals surface area contributed by atoms with E-state index in [2.05, 4.69) is 10.1 Å². The number of rotatable bonds is 2. The third-order valence-electron chi connectivity index (χ3n) is 2.80. The van der Waals surface area contributed by atoms with Gasteiger partial charge in [0.2, 0.25) is 0 Å². The van der Waals surface area contributed by atoms with Crippen molar-refractivity contribution in [2.24, 2.45) is 0 Å². The van der Waals surface area contributed by atoms with Crippen LogP contribution in [0.25, 0.3) is 0 Å². The molecule has 1 fully saturated rings. The molecule has 17 heavy (non-hydrogen) atoms. The third-order valence-corrected chi connectivity index (χ3v) is 2.80. The summed E-state index contributed by atoms with van der Waals surface area (Å²) in [6, 6.07) is 5.17. The Hall–Kier alpha value is -1.59. The first kappa shape index (κ1) is 11.9. The second kappa shape index (κ2) is 5.16. The van der Waals surface area contributed by atoms with Crippen LogP contribution in [-0.2, 0) is 9.47 Å². The average molecular weight is 236 g/mol. The Bertz CT molecular complexity index is 414. The highest BCUT2D eigenvalue weighted by Crippen LogP contribution is 2.23. The molecule has 2 rings (SSSR count). The first-order valence-corrected chi connectivity index (χ1v) is 5.51. The summed E-state index contributed by atoms with van der Waals surface area (Å²) in [6.45, 7) is 2.05. The largest absolute Gasteiger partial charge is 0.465 e. The number of ether oxygens (including phenoxy) is 2. The molecule has 0 spiro atoms. The molecule has 0 amide bonds. The average Bonchev–Trinajstić information content (AvgIpc) is 2.39. The minimum atomic E-state index is -0.358. The van der Waals surface area contributed by atoms with Crippen molar-refractivity contribution in [3.8, 4) is 0 Å². The van der Waals surface area contributed by atoms with Crippen LogP contribution in [-0.4, -0.2) is 32.8 Å². The van der Waals surface area contributed by atoms with E-state index < -0.39 is 0 Å². The smallest absolute Gasteiger partial charge is 0.337 e. The van der Waals surface area contributed by atoms with Gasteiger partial charge in [-0.2, -0.15) is 0 Å². The molecule has 1 aromatic carbocycles. The Morgan fingerprint density at radius 1 is 1.59 bits per heavy atom. The number of benzene rings is 1. The number of morpholine rings is 1. The predicted molar refractivity (Wildman–Crippen MR) is 63.8 cm³/mol. The van der Waals surface area contributed by atoms with Gasteiger partial charge in [0.05, 0.1) is 31.9 Å². The molecule has 1 aliphatic rings. The number of nitrogens with one attached hydrogen (secondary N) is 1. The van der Waals surface area contributed by atoms with Gasteiger partial charge in [-0.25, -0.2) is 4.79 Å². The molecule has 0 saturated carbocycles. The lowest BCUT2D eigenvalue weighted by Crippen LogP contribution is -2.35. The molecular formula is C12H16N2O3. The Morgan fingerprint density at radius 3 is 3.06 bits per heavy atom. The zero-order valence-corrected chi connectivity index (χ0v) is 9.73. The minimum absolute atomic E-state index is 0.0355. The number of anilines is 1. The number of methoxy groups -OCH3 is 1. The number of esters is 1. The van der Waals surface area contributed by atoms with Crippen molar-refractivity contribution in [3.05, 3.63) is 29.3 Å². The monoisotopic (exact) mass is 236 g/mol. The Balaban J connectivity index is 2.28. The van der Waals surface area contributed by atoms with E-state index in [-0.39, 0.29) is 12.0 Å². The van der Waals surface area contributed by atoms with Gasteiger partial charge in [0.25, 0.3) is 0 Å². The maximum atomic E-state index is 11.4. The van der Waals surface area contributed by atoms with Gasteiger partial charge < -0.3 is 20.5 Å². The van der Waals surface area contributed by atoms with Crippen molar-refractivity contribution in [2.45, 2.75) is 6.04 Å². The highest BCUT2D eigenvalue weighted by molar-refractivity contribution is 5.90. The standard InChI is InChI=1S/C12H16N2O3/c1-16-12(15)8-2-3-10(13)9(6-8)11-7-17-5-4-14-11/h2-3,6,11,14H,4-5,7,13H2,1H3/t11-/m1/s1. The van der Waals surface area contributed by atoms with Crippen LogP contribution in [0.5, 0.6) is 0 Å². The van der Waals surface area contributed by atoms with Crippen molar-refractivity contribution in [2.75, 3.05) is 32.6 Å². The summed E-state index contributed by atoms with van der Waals surface area (Å²) in [5.74, 6) is -0.358. The highest BCUT2D eigenvalue weighted by Gasteiger charge is 2.19. The maximum Gasteiger partial charge on any atom is 0.337 e. The van der Waals surface area contributed by atoms with Gasteiger partial charge >= 0.3 is 5.97 Å². The summed E-state index contributed by atoms with van der Waals surface area (Å²) >= 11 is 0. The molecule has 0 aliphatic carbocycles. The maximum absolute atomic E-state index is 11.4. The van der Waals surface area contributed by atoms with Crippen molar-refractivity contribution in [3.63, 3.8) is 0 Å². The Labute approximate surface area is 99.9 Å². The van der Waals surface area contributed by atoms with Crippen molar-refractivity contribution < 1.29 is 14.3 Å². The number of hydrogen-bond acceptors (Lipinski definition) is 5. The molecule has 1 heterocycles. The molecule has 92 valence electrons. The summed E-state index contributed by atoms with van der Waals surface area (Å²) in [7, 11) is 1.36.